The lowest BCUT2D eigenvalue weighted by Crippen LogP contribution is -2.23. The highest BCUT2D eigenvalue weighted by Gasteiger charge is 2.23. The average Bonchev–Trinajstić information content (AvgIpc) is 3.01. The second-order valence-corrected chi connectivity index (χ2v) is 6.44. The highest BCUT2D eigenvalue weighted by atomic mass is 16.3. The third-order valence-electron chi connectivity index (χ3n) is 4.57. The molecule has 0 unspecified atom stereocenters. The molecule has 1 amide bonds. The number of phenolic OH excluding ortho intramolecular Hbond substituents is 1. The van der Waals surface area contributed by atoms with Gasteiger partial charge in [-0.05, 0) is 34.9 Å². The molecular weight excluding hydrogens is 328 g/mol. The molecule has 1 aliphatic heterocycles. The van der Waals surface area contributed by atoms with Crippen LogP contribution in [0.3, 0.4) is 0 Å². The fraction of sp³-hybridized carbons (Fsp3) is 0.143. The van der Waals surface area contributed by atoms with Gasteiger partial charge in [-0.2, -0.15) is 0 Å². The first kappa shape index (κ1) is 16.1. The number of aromatic hydroxyl groups is 1. The number of hydrogen-bond donors (Lipinski definition) is 3. The van der Waals surface area contributed by atoms with E-state index in [1.807, 2.05) is 36.4 Å². The van der Waals surface area contributed by atoms with Gasteiger partial charge in [0.2, 0.25) is 0 Å². The van der Waals surface area contributed by atoms with E-state index in [0.717, 1.165) is 22.4 Å². The van der Waals surface area contributed by atoms with Gasteiger partial charge in [0.25, 0.3) is 5.91 Å². The lowest BCUT2D eigenvalue weighted by atomic mass is 10.0. The van der Waals surface area contributed by atoms with Crippen LogP contribution in [-0.4, -0.2) is 28.3 Å². The molecule has 0 saturated heterocycles. The first-order chi connectivity index (χ1) is 12.6. The van der Waals surface area contributed by atoms with E-state index in [-0.39, 0.29) is 17.4 Å². The van der Waals surface area contributed by atoms with Crippen LogP contribution >= 0.6 is 0 Å². The Balaban J connectivity index is 1.57. The smallest absolute Gasteiger partial charge is 0.268 e. The van der Waals surface area contributed by atoms with Gasteiger partial charge in [-0.15, -0.1) is 0 Å². The maximum atomic E-state index is 12.1. The topological polar surface area (TPSA) is 82.2 Å². The van der Waals surface area contributed by atoms with E-state index in [0.29, 0.717) is 30.6 Å². The number of Topliss-reactive ketones (excluding diaryl/α,β-unsaturated/α-hetero) is 1. The van der Waals surface area contributed by atoms with Crippen LogP contribution in [0, 0.1) is 0 Å². The number of benzene rings is 2. The molecule has 5 nitrogen and oxygen atoms in total. The quantitative estimate of drug-likeness (QED) is 0.680. The van der Waals surface area contributed by atoms with Gasteiger partial charge in [-0.1, -0.05) is 36.4 Å². The van der Waals surface area contributed by atoms with Crippen LogP contribution < -0.4 is 5.32 Å². The molecule has 3 aromatic rings. The average molecular weight is 346 g/mol. The van der Waals surface area contributed by atoms with Gasteiger partial charge >= 0.3 is 0 Å². The van der Waals surface area contributed by atoms with Crippen LogP contribution in [0.15, 0.2) is 54.6 Å². The third kappa shape index (κ3) is 3.11. The summed E-state index contributed by atoms with van der Waals surface area (Å²) in [6, 6.07) is 16.9. The molecule has 1 aromatic heterocycles. The van der Waals surface area contributed by atoms with Crippen LogP contribution in [0.4, 0.5) is 0 Å². The second-order valence-electron chi connectivity index (χ2n) is 6.44. The van der Waals surface area contributed by atoms with Crippen LogP contribution in [0.1, 0.15) is 38.5 Å². The number of carbonyl (C=O) groups is 2. The molecule has 2 aromatic carbocycles. The number of hydrogen-bond acceptors (Lipinski definition) is 3. The molecule has 4 rings (SSSR count). The molecule has 5 heteroatoms. The predicted molar refractivity (Wildman–Crippen MR) is 98.4 cm³/mol. The Morgan fingerprint density at radius 1 is 0.962 bits per heavy atom. The minimum atomic E-state index is -0.226. The van der Waals surface area contributed by atoms with Crippen molar-refractivity contribution in [3.05, 3.63) is 77.1 Å². The molecule has 0 bridgehead atoms. The van der Waals surface area contributed by atoms with Crippen molar-refractivity contribution in [2.45, 2.75) is 12.8 Å². The summed E-state index contributed by atoms with van der Waals surface area (Å²) in [4.78, 5) is 27.2. The molecule has 0 aliphatic carbocycles. The number of H-pyrrole nitrogens is 1. The summed E-state index contributed by atoms with van der Waals surface area (Å²) in [5.74, 6) is -0.00109. The van der Waals surface area contributed by atoms with Crippen molar-refractivity contribution in [1.82, 2.24) is 10.3 Å². The zero-order valence-corrected chi connectivity index (χ0v) is 14.1. The summed E-state index contributed by atoms with van der Waals surface area (Å²) in [6.45, 7) is 0.381. The predicted octanol–water partition coefficient (Wildman–Crippen LogP) is 3.29. The summed E-state index contributed by atoms with van der Waals surface area (Å²) in [7, 11) is 0. The number of aromatic amines is 1. The molecule has 2 heterocycles. The van der Waals surface area contributed by atoms with Gasteiger partial charge in [0.05, 0.1) is 0 Å². The van der Waals surface area contributed by atoms with E-state index in [1.54, 1.807) is 18.2 Å². The molecule has 0 spiro atoms. The van der Waals surface area contributed by atoms with Gasteiger partial charge in [0.1, 0.15) is 11.4 Å². The van der Waals surface area contributed by atoms with E-state index < -0.39 is 0 Å². The minimum absolute atomic E-state index is 0.0138. The van der Waals surface area contributed by atoms with E-state index in [4.69, 9.17) is 0 Å². The first-order valence-corrected chi connectivity index (χ1v) is 8.52. The third-order valence-corrected chi connectivity index (χ3v) is 4.57. The Morgan fingerprint density at radius 2 is 1.77 bits per heavy atom. The number of carbonyl (C=O) groups excluding carboxylic acids is 2. The fourth-order valence-electron chi connectivity index (χ4n) is 3.24. The normalized spacial score (nSPS) is 13.8. The number of phenols is 1. The Labute approximate surface area is 150 Å². The van der Waals surface area contributed by atoms with E-state index in [2.05, 4.69) is 10.3 Å². The molecule has 0 atom stereocenters. The monoisotopic (exact) mass is 346 g/mol. The SMILES string of the molecule is O=C1CCNC(=O)c2[nH]c(Cc3ccc(-c4cccc(O)c4)cc3)cc21. The van der Waals surface area contributed by atoms with Crippen molar-refractivity contribution in [3.8, 4) is 16.9 Å². The molecule has 26 heavy (non-hydrogen) atoms. The van der Waals surface area contributed by atoms with Crippen molar-refractivity contribution in [1.29, 1.82) is 0 Å². The second kappa shape index (κ2) is 6.52. The minimum Gasteiger partial charge on any atom is -0.508 e. The zero-order chi connectivity index (χ0) is 18.1. The van der Waals surface area contributed by atoms with Crippen LogP contribution in [0.5, 0.6) is 5.75 Å². The standard InChI is InChI=1S/C21H18N2O3/c24-17-3-1-2-15(11-17)14-6-4-13(5-7-14)10-16-12-18-19(25)8-9-22-21(26)20(18)23-16/h1-7,11-12,23-24H,8-10H2,(H,22,26). The van der Waals surface area contributed by atoms with Crippen molar-refractivity contribution in [2.75, 3.05) is 6.54 Å². The van der Waals surface area contributed by atoms with Gasteiger partial charge in [0, 0.05) is 30.6 Å². The number of ketones is 1. The number of amides is 1. The summed E-state index contributed by atoms with van der Waals surface area (Å²) in [5, 5.41) is 12.3. The Kier molecular flexibility index (Phi) is 4.05. The summed E-state index contributed by atoms with van der Waals surface area (Å²) in [5.41, 5.74) is 4.71. The summed E-state index contributed by atoms with van der Waals surface area (Å²) < 4.78 is 0. The maximum Gasteiger partial charge on any atom is 0.268 e. The molecule has 130 valence electrons. The van der Waals surface area contributed by atoms with Crippen molar-refractivity contribution >= 4 is 11.7 Å². The summed E-state index contributed by atoms with van der Waals surface area (Å²) in [6.07, 6.45) is 0.933. The molecular formula is C21H18N2O3. The largest absolute Gasteiger partial charge is 0.508 e. The van der Waals surface area contributed by atoms with Crippen LogP contribution in [-0.2, 0) is 6.42 Å². The van der Waals surface area contributed by atoms with E-state index in [9.17, 15) is 14.7 Å². The van der Waals surface area contributed by atoms with Gasteiger partial charge in [-0.25, -0.2) is 0 Å². The first-order valence-electron chi connectivity index (χ1n) is 8.52. The molecule has 0 radical (unpaired) electrons. The zero-order valence-electron chi connectivity index (χ0n) is 14.1. The lowest BCUT2D eigenvalue weighted by molar-refractivity contribution is 0.0951. The van der Waals surface area contributed by atoms with Crippen LogP contribution in [0.2, 0.25) is 0 Å². The van der Waals surface area contributed by atoms with Crippen molar-refractivity contribution in [3.63, 3.8) is 0 Å². The van der Waals surface area contributed by atoms with Crippen LogP contribution in [0.25, 0.3) is 11.1 Å². The van der Waals surface area contributed by atoms with Crippen molar-refractivity contribution in [2.24, 2.45) is 0 Å². The lowest BCUT2D eigenvalue weighted by Gasteiger charge is -2.05. The fourth-order valence-corrected chi connectivity index (χ4v) is 3.24. The van der Waals surface area contributed by atoms with Gasteiger partial charge in [0.15, 0.2) is 5.78 Å². The van der Waals surface area contributed by atoms with E-state index in [1.165, 1.54) is 0 Å². The number of aromatic nitrogens is 1. The number of fused-ring (bicyclic) bond motifs is 1. The molecule has 0 saturated carbocycles. The Hall–Kier alpha value is -3.34. The highest BCUT2D eigenvalue weighted by molar-refractivity contribution is 6.09. The number of rotatable bonds is 3. The van der Waals surface area contributed by atoms with E-state index >= 15 is 0 Å². The summed E-state index contributed by atoms with van der Waals surface area (Å²) >= 11 is 0. The Bertz CT molecular complexity index is 953. The Morgan fingerprint density at radius 3 is 2.54 bits per heavy atom. The highest BCUT2D eigenvalue weighted by Crippen LogP contribution is 2.24. The maximum absolute atomic E-state index is 12.1. The molecule has 1 aliphatic rings. The molecule has 3 N–H and O–H groups in total. The number of nitrogens with one attached hydrogen (secondary N) is 2. The van der Waals surface area contributed by atoms with Gasteiger partial charge < -0.3 is 15.4 Å². The molecule has 0 fully saturated rings. The van der Waals surface area contributed by atoms with Crippen molar-refractivity contribution < 1.29 is 14.7 Å². The van der Waals surface area contributed by atoms with Gasteiger partial charge in [-0.3, -0.25) is 9.59 Å².